The molecule has 1 aromatic carbocycles. The van der Waals surface area contributed by atoms with Crippen molar-refractivity contribution in [1.29, 1.82) is 0 Å². The number of nitro benzene ring substituents is 1. The van der Waals surface area contributed by atoms with E-state index in [4.69, 9.17) is 11.6 Å². The molecule has 0 bridgehead atoms. The molecule has 1 saturated heterocycles. The molecule has 0 aromatic heterocycles. The minimum absolute atomic E-state index is 0.216. The summed E-state index contributed by atoms with van der Waals surface area (Å²) in [6.45, 7) is -1.07. The molecule has 1 fully saturated rings. The lowest BCUT2D eigenvalue weighted by atomic mass is 10.3. The number of piperazine rings is 1. The first-order valence-corrected chi connectivity index (χ1v) is 7.30. The van der Waals surface area contributed by atoms with Crippen LogP contribution in [0.1, 0.15) is 0 Å². The highest BCUT2D eigenvalue weighted by Crippen LogP contribution is 2.28. The first kappa shape index (κ1) is 15.4. The van der Waals surface area contributed by atoms with Gasteiger partial charge in [-0.1, -0.05) is 11.6 Å². The van der Waals surface area contributed by atoms with Gasteiger partial charge in [0.1, 0.15) is 5.02 Å². The third-order valence-corrected chi connectivity index (χ3v) is 4.78. The van der Waals surface area contributed by atoms with E-state index in [1.807, 2.05) is 5.32 Å². The van der Waals surface area contributed by atoms with E-state index in [1.54, 1.807) is 0 Å². The summed E-state index contributed by atoms with van der Waals surface area (Å²) in [5.74, 6) is -1.53. The SMILES string of the molecule is O=C1CN(S(=O)(=O)c2ccc(Cl)c([N+](=O)[O-])c2)CC(=O)N1. The van der Waals surface area contributed by atoms with E-state index in [2.05, 4.69) is 0 Å². The number of hydrogen-bond donors (Lipinski definition) is 1. The summed E-state index contributed by atoms with van der Waals surface area (Å²) in [7, 11) is -4.21. The first-order chi connectivity index (χ1) is 9.71. The molecule has 0 atom stereocenters. The summed E-state index contributed by atoms with van der Waals surface area (Å²) in [6.07, 6.45) is 0. The minimum Gasteiger partial charge on any atom is -0.294 e. The van der Waals surface area contributed by atoms with Gasteiger partial charge >= 0.3 is 0 Å². The predicted octanol–water partition coefficient (Wildman–Crippen LogP) is -0.105. The number of imide groups is 1. The maximum absolute atomic E-state index is 12.3. The van der Waals surface area contributed by atoms with E-state index in [0.29, 0.717) is 4.31 Å². The van der Waals surface area contributed by atoms with Crippen molar-refractivity contribution in [2.24, 2.45) is 0 Å². The van der Waals surface area contributed by atoms with Gasteiger partial charge in [-0.2, -0.15) is 4.31 Å². The highest BCUT2D eigenvalue weighted by Gasteiger charge is 2.33. The lowest BCUT2D eigenvalue weighted by molar-refractivity contribution is -0.384. The number of hydrogen-bond acceptors (Lipinski definition) is 6. The fraction of sp³-hybridized carbons (Fsp3) is 0.200. The Morgan fingerprint density at radius 3 is 2.33 bits per heavy atom. The Morgan fingerprint density at radius 2 is 1.81 bits per heavy atom. The summed E-state index contributed by atoms with van der Waals surface area (Å²) in [6, 6.07) is 2.93. The van der Waals surface area contributed by atoms with Crippen LogP contribution in [0.3, 0.4) is 0 Å². The van der Waals surface area contributed by atoms with Crippen LogP contribution in [0.2, 0.25) is 5.02 Å². The van der Waals surface area contributed by atoms with E-state index < -0.39 is 50.4 Å². The molecule has 0 radical (unpaired) electrons. The van der Waals surface area contributed by atoms with Crippen LogP contribution in [0.5, 0.6) is 0 Å². The van der Waals surface area contributed by atoms with E-state index >= 15 is 0 Å². The van der Waals surface area contributed by atoms with Gasteiger partial charge in [-0.05, 0) is 12.1 Å². The van der Waals surface area contributed by atoms with Crippen LogP contribution in [-0.2, 0) is 19.6 Å². The molecular formula is C10H8ClN3O6S. The van der Waals surface area contributed by atoms with Gasteiger partial charge in [0, 0.05) is 6.07 Å². The molecule has 0 saturated carbocycles. The van der Waals surface area contributed by atoms with E-state index in [0.717, 1.165) is 18.2 Å². The van der Waals surface area contributed by atoms with Crippen molar-refractivity contribution >= 4 is 39.1 Å². The number of halogens is 1. The lowest BCUT2D eigenvalue weighted by Crippen LogP contribution is -2.53. The zero-order valence-electron chi connectivity index (χ0n) is 10.3. The summed E-state index contributed by atoms with van der Waals surface area (Å²) < 4.78 is 25.2. The normalized spacial score (nSPS) is 16.6. The fourth-order valence-electron chi connectivity index (χ4n) is 1.72. The molecule has 0 aliphatic carbocycles. The number of benzene rings is 1. The molecule has 1 heterocycles. The van der Waals surface area contributed by atoms with Crippen molar-refractivity contribution in [1.82, 2.24) is 9.62 Å². The van der Waals surface area contributed by atoms with Gasteiger partial charge in [-0.15, -0.1) is 0 Å². The number of sulfonamides is 1. The second-order valence-electron chi connectivity index (χ2n) is 4.11. The van der Waals surface area contributed by atoms with Gasteiger partial charge in [0.15, 0.2) is 0 Å². The van der Waals surface area contributed by atoms with Crippen LogP contribution in [0, 0.1) is 10.1 Å². The molecule has 112 valence electrons. The summed E-state index contributed by atoms with van der Waals surface area (Å²) in [5.41, 5.74) is -0.578. The maximum atomic E-state index is 12.3. The number of rotatable bonds is 3. The van der Waals surface area contributed by atoms with Gasteiger partial charge in [-0.3, -0.25) is 25.0 Å². The highest BCUT2D eigenvalue weighted by atomic mass is 35.5. The third kappa shape index (κ3) is 3.01. The molecule has 0 unspecified atom stereocenters. The van der Waals surface area contributed by atoms with Gasteiger partial charge in [0.2, 0.25) is 21.8 Å². The molecular weight excluding hydrogens is 326 g/mol. The zero-order valence-corrected chi connectivity index (χ0v) is 11.8. The molecule has 21 heavy (non-hydrogen) atoms. The van der Waals surface area contributed by atoms with E-state index in [-0.39, 0.29) is 5.02 Å². The highest BCUT2D eigenvalue weighted by molar-refractivity contribution is 7.89. The number of nitrogens with zero attached hydrogens (tertiary/aromatic N) is 2. The average Bonchev–Trinajstić information content (AvgIpc) is 2.37. The Labute approximate surface area is 123 Å². The topological polar surface area (TPSA) is 127 Å². The monoisotopic (exact) mass is 333 g/mol. The van der Waals surface area contributed by atoms with Crippen LogP contribution >= 0.6 is 11.6 Å². The molecule has 1 aliphatic rings. The van der Waals surface area contributed by atoms with Crippen molar-refractivity contribution < 1.29 is 22.9 Å². The molecule has 9 nitrogen and oxygen atoms in total. The quantitative estimate of drug-likeness (QED) is 0.467. The van der Waals surface area contributed by atoms with E-state index in [9.17, 15) is 28.1 Å². The molecule has 1 aliphatic heterocycles. The fourth-order valence-corrected chi connectivity index (χ4v) is 3.28. The second kappa shape index (κ2) is 5.39. The summed E-state index contributed by atoms with van der Waals surface area (Å²) in [4.78, 5) is 32.0. The Bertz CT molecular complexity index is 731. The second-order valence-corrected chi connectivity index (χ2v) is 6.46. The van der Waals surface area contributed by atoms with Crippen molar-refractivity contribution in [2.75, 3.05) is 13.1 Å². The van der Waals surface area contributed by atoms with Gasteiger partial charge in [-0.25, -0.2) is 8.42 Å². The van der Waals surface area contributed by atoms with Crippen LogP contribution in [0.25, 0.3) is 0 Å². The van der Waals surface area contributed by atoms with E-state index in [1.165, 1.54) is 0 Å². The standard InChI is InChI=1S/C10H8ClN3O6S/c11-7-2-1-6(3-8(7)14(17)18)21(19,20)13-4-9(15)12-10(16)5-13/h1-3H,4-5H2,(H,12,15,16). The third-order valence-electron chi connectivity index (χ3n) is 2.67. The molecule has 2 amide bonds. The van der Waals surface area contributed by atoms with Gasteiger partial charge in [0.05, 0.1) is 22.9 Å². The number of amides is 2. The van der Waals surface area contributed by atoms with Crippen LogP contribution in [0.4, 0.5) is 5.69 Å². The molecule has 2 rings (SSSR count). The maximum Gasteiger partial charge on any atom is 0.289 e. The number of nitrogens with one attached hydrogen (secondary N) is 1. The predicted molar refractivity (Wildman–Crippen MR) is 70.0 cm³/mol. The molecule has 1 aromatic rings. The van der Waals surface area contributed by atoms with Gasteiger partial charge < -0.3 is 0 Å². The largest absolute Gasteiger partial charge is 0.294 e. The van der Waals surface area contributed by atoms with Gasteiger partial charge in [0.25, 0.3) is 5.69 Å². The first-order valence-electron chi connectivity index (χ1n) is 5.48. The van der Waals surface area contributed by atoms with Crippen molar-refractivity contribution in [3.05, 3.63) is 33.3 Å². The molecule has 1 N–H and O–H groups in total. The minimum atomic E-state index is -4.21. The molecule has 0 spiro atoms. The Morgan fingerprint density at radius 1 is 1.24 bits per heavy atom. The summed E-state index contributed by atoms with van der Waals surface area (Å²) in [5, 5.41) is 12.5. The Kier molecular flexibility index (Phi) is 3.94. The zero-order chi connectivity index (χ0) is 15.8. The average molecular weight is 334 g/mol. The molecule has 11 heteroatoms. The smallest absolute Gasteiger partial charge is 0.289 e. The van der Waals surface area contributed by atoms with Crippen LogP contribution in [0.15, 0.2) is 23.1 Å². The van der Waals surface area contributed by atoms with Crippen LogP contribution in [-0.4, -0.2) is 42.6 Å². The van der Waals surface area contributed by atoms with Crippen molar-refractivity contribution in [3.8, 4) is 0 Å². The Hall–Kier alpha value is -2.04. The number of carbonyl (C=O) groups is 2. The van der Waals surface area contributed by atoms with Crippen molar-refractivity contribution in [2.45, 2.75) is 4.90 Å². The summed E-state index contributed by atoms with van der Waals surface area (Å²) >= 11 is 5.61. The van der Waals surface area contributed by atoms with Crippen LogP contribution < -0.4 is 5.32 Å². The Balaban J connectivity index is 2.44. The number of nitro groups is 1. The number of carbonyl (C=O) groups excluding carboxylic acids is 2. The van der Waals surface area contributed by atoms with Crippen molar-refractivity contribution in [3.63, 3.8) is 0 Å². The lowest BCUT2D eigenvalue weighted by Gasteiger charge is -2.24.